The van der Waals surface area contributed by atoms with E-state index in [0.717, 1.165) is 16.7 Å². The molecule has 1 aliphatic heterocycles. The van der Waals surface area contributed by atoms with Crippen LogP contribution in [0.15, 0.2) is 28.6 Å². The predicted molar refractivity (Wildman–Crippen MR) is 86.9 cm³/mol. The van der Waals surface area contributed by atoms with E-state index < -0.39 is 21.9 Å². The summed E-state index contributed by atoms with van der Waals surface area (Å²) >= 11 is 0.969. The molecule has 3 rings (SSSR count). The molecule has 1 unspecified atom stereocenters. The number of hydrogen-bond donors (Lipinski definition) is 1. The van der Waals surface area contributed by atoms with Crippen molar-refractivity contribution in [3.63, 3.8) is 0 Å². The van der Waals surface area contributed by atoms with Crippen LogP contribution in [0.5, 0.6) is 0 Å². The molecule has 0 aromatic carbocycles. The van der Waals surface area contributed by atoms with Crippen molar-refractivity contribution >= 4 is 27.2 Å². The Labute approximate surface area is 146 Å². The molecule has 0 radical (unpaired) electrons. The maximum atomic E-state index is 12.7. The van der Waals surface area contributed by atoms with Crippen molar-refractivity contribution in [3.8, 4) is 0 Å². The Kier molecular flexibility index (Phi) is 4.73. The van der Waals surface area contributed by atoms with Crippen molar-refractivity contribution in [2.75, 3.05) is 18.0 Å². The summed E-state index contributed by atoms with van der Waals surface area (Å²) in [5, 5.41) is 6.63. The molecule has 136 valence electrons. The standard InChI is InChI=1S/C14H15F3N4O2S2/c15-14(16,17)11-8-24-13(20-11)9-3-2-6-21(7-9)12-10(25(18,22)23)4-1-5-19-12/h1,4-5,8-9H,2-3,6-7H2,(H2,18,22,23). The molecule has 0 saturated carbocycles. The number of anilines is 1. The van der Waals surface area contributed by atoms with Gasteiger partial charge in [0, 0.05) is 30.6 Å². The van der Waals surface area contributed by atoms with Gasteiger partial charge in [0.25, 0.3) is 0 Å². The van der Waals surface area contributed by atoms with E-state index in [9.17, 15) is 21.6 Å². The van der Waals surface area contributed by atoms with Gasteiger partial charge in [0.15, 0.2) is 5.69 Å². The number of halogens is 3. The molecule has 6 nitrogen and oxygen atoms in total. The van der Waals surface area contributed by atoms with Crippen molar-refractivity contribution in [1.82, 2.24) is 9.97 Å². The molecule has 0 amide bonds. The summed E-state index contributed by atoms with van der Waals surface area (Å²) in [7, 11) is -3.95. The first-order valence-corrected chi connectivity index (χ1v) is 9.84. The molecular weight excluding hydrogens is 377 g/mol. The van der Waals surface area contributed by atoms with Crippen LogP contribution in [0.1, 0.15) is 29.5 Å². The van der Waals surface area contributed by atoms with E-state index in [4.69, 9.17) is 5.14 Å². The Balaban J connectivity index is 1.87. The maximum absolute atomic E-state index is 12.7. The molecule has 25 heavy (non-hydrogen) atoms. The van der Waals surface area contributed by atoms with Gasteiger partial charge >= 0.3 is 6.18 Å². The molecule has 11 heteroatoms. The molecular formula is C14H15F3N4O2S2. The molecule has 1 saturated heterocycles. The van der Waals surface area contributed by atoms with E-state index in [1.54, 1.807) is 4.90 Å². The third kappa shape index (κ3) is 3.93. The van der Waals surface area contributed by atoms with Crippen molar-refractivity contribution in [2.24, 2.45) is 5.14 Å². The number of aromatic nitrogens is 2. The molecule has 1 atom stereocenters. The van der Waals surface area contributed by atoms with Crippen LogP contribution in [0.25, 0.3) is 0 Å². The second-order valence-electron chi connectivity index (χ2n) is 5.72. The number of rotatable bonds is 3. The van der Waals surface area contributed by atoms with Crippen molar-refractivity contribution < 1.29 is 21.6 Å². The number of thiazole rings is 1. The van der Waals surface area contributed by atoms with Gasteiger partial charge in [-0.05, 0) is 25.0 Å². The zero-order valence-electron chi connectivity index (χ0n) is 12.9. The number of alkyl halides is 3. The summed E-state index contributed by atoms with van der Waals surface area (Å²) in [5.74, 6) is 0.00693. The second-order valence-corrected chi connectivity index (χ2v) is 8.14. The van der Waals surface area contributed by atoms with Gasteiger partial charge in [0.1, 0.15) is 10.7 Å². The smallest absolute Gasteiger partial charge is 0.355 e. The number of primary sulfonamides is 1. The Bertz CT molecular complexity index is 867. The van der Waals surface area contributed by atoms with Gasteiger partial charge in [-0.15, -0.1) is 11.3 Å². The molecule has 2 aromatic rings. The third-order valence-corrected chi connectivity index (χ3v) is 5.88. The highest BCUT2D eigenvalue weighted by Gasteiger charge is 2.35. The van der Waals surface area contributed by atoms with Crippen molar-refractivity contribution in [3.05, 3.63) is 34.4 Å². The summed E-state index contributed by atoms with van der Waals surface area (Å²) in [6, 6.07) is 2.84. The Hall–Kier alpha value is -1.72. The highest BCUT2D eigenvalue weighted by molar-refractivity contribution is 7.89. The highest BCUT2D eigenvalue weighted by atomic mass is 32.2. The molecule has 0 aliphatic carbocycles. The SMILES string of the molecule is NS(=O)(=O)c1cccnc1N1CCCC(c2nc(C(F)(F)F)cs2)C1. The lowest BCUT2D eigenvalue weighted by atomic mass is 9.98. The summed E-state index contributed by atoms with van der Waals surface area (Å²) in [5.41, 5.74) is -0.896. The van der Waals surface area contributed by atoms with Gasteiger partial charge < -0.3 is 4.90 Å². The number of piperidine rings is 1. The number of nitrogens with zero attached hydrogens (tertiary/aromatic N) is 3. The van der Waals surface area contributed by atoms with Crippen LogP contribution in [0.3, 0.4) is 0 Å². The van der Waals surface area contributed by atoms with E-state index in [1.807, 2.05) is 0 Å². The first-order chi connectivity index (χ1) is 11.7. The van der Waals surface area contributed by atoms with Gasteiger partial charge in [0.05, 0.1) is 5.01 Å². The fourth-order valence-corrected chi connectivity index (χ4v) is 4.48. The Morgan fingerprint density at radius 3 is 2.76 bits per heavy atom. The average Bonchev–Trinajstić information content (AvgIpc) is 3.04. The minimum atomic E-state index is -4.47. The molecule has 0 spiro atoms. The fourth-order valence-electron chi connectivity index (χ4n) is 2.82. The lowest BCUT2D eigenvalue weighted by Crippen LogP contribution is -2.36. The topological polar surface area (TPSA) is 89.2 Å². The van der Waals surface area contributed by atoms with Gasteiger partial charge in [-0.3, -0.25) is 0 Å². The van der Waals surface area contributed by atoms with Crippen LogP contribution in [-0.4, -0.2) is 31.5 Å². The summed E-state index contributed by atoms with van der Waals surface area (Å²) < 4.78 is 61.7. The van der Waals surface area contributed by atoms with E-state index in [0.29, 0.717) is 30.9 Å². The molecule has 0 bridgehead atoms. The first-order valence-electron chi connectivity index (χ1n) is 7.41. The van der Waals surface area contributed by atoms with Crippen LogP contribution >= 0.6 is 11.3 Å². The fraction of sp³-hybridized carbons (Fsp3) is 0.429. The van der Waals surface area contributed by atoms with Crippen LogP contribution in [0, 0.1) is 0 Å². The third-order valence-electron chi connectivity index (χ3n) is 3.94. The minimum absolute atomic E-state index is 0.0919. The number of pyridine rings is 1. The van der Waals surface area contributed by atoms with E-state index in [2.05, 4.69) is 9.97 Å². The number of hydrogen-bond acceptors (Lipinski definition) is 6. The Morgan fingerprint density at radius 1 is 1.36 bits per heavy atom. The Morgan fingerprint density at radius 2 is 2.12 bits per heavy atom. The van der Waals surface area contributed by atoms with E-state index >= 15 is 0 Å². The molecule has 2 aromatic heterocycles. The first kappa shape index (κ1) is 18.1. The van der Waals surface area contributed by atoms with Crippen LogP contribution < -0.4 is 10.0 Å². The normalized spacial score (nSPS) is 19.2. The zero-order valence-corrected chi connectivity index (χ0v) is 14.5. The molecule has 2 N–H and O–H groups in total. The van der Waals surface area contributed by atoms with Gasteiger partial charge in [-0.1, -0.05) is 0 Å². The minimum Gasteiger partial charge on any atom is -0.355 e. The zero-order chi connectivity index (χ0) is 18.2. The van der Waals surface area contributed by atoms with Gasteiger partial charge in [-0.25, -0.2) is 23.5 Å². The summed E-state index contributed by atoms with van der Waals surface area (Å²) in [6.07, 6.45) is -1.64. The lowest BCUT2D eigenvalue weighted by Gasteiger charge is -2.33. The molecule has 1 fully saturated rings. The predicted octanol–water partition coefficient (Wildman–Crippen LogP) is 2.59. The summed E-state index contributed by atoms with van der Waals surface area (Å²) in [6.45, 7) is 0.887. The highest BCUT2D eigenvalue weighted by Crippen LogP contribution is 2.36. The number of nitrogens with two attached hydrogens (primary N) is 1. The van der Waals surface area contributed by atoms with Crippen LogP contribution in [0.2, 0.25) is 0 Å². The largest absolute Gasteiger partial charge is 0.434 e. The monoisotopic (exact) mass is 392 g/mol. The van der Waals surface area contributed by atoms with Gasteiger partial charge in [-0.2, -0.15) is 13.2 Å². The van der Waals surface area contributed by atoms with Gasteiger partial charge in [0.2, 0.25) is 10.0 Å². The van der Waals surface area contributed by atoms with Crippen LogP contribution in [0.4, 0.5) is 19.0 Å². The molecule has 3 heterocycles. The second kappa shape index (κ2) is 6.54. The van der Waals surface area contributed by atoms with E-state index in [1.165, 1.54) is 18.3 Å². The average molecular weight is 392 g/mol. The quantitative estimate of drug-likeness (QED) is 0.867. The van der Waals surface area contributed by atoms with E-state index in [-0.39, 0.29) is 16.6 Å². The maximum Gasteiger partial charge on any atom is 0.434 e. The van der Waals surface area contributed by atoms with Crippen molar-refractivity contribution in [1.29, 1.82) is 0 Å². The van der Waals surface area contributed by atoms with Crippen molar-refractivity contribution in [2.45, 2.75) is 29.8 Å². The lowest BCUT2D eigenvalue weighted by molar-refractivity contribution is -0.140. The number of sulfonamides is 1. The molecule has 1 aliphatic rings. The van der Waals surface area contributed by atoms with Crippen LogP contribution in [-0.2, 0) is 16.2 Å². The summed E-state index contributed by atoms with van der Waals surface area (Å²) in [4.78, 5) is 9.47.